The molecule has 1 aliphatic heterocycles. The molecule has 0 spiro atoms. The second-order valence-electron chi connectivity index (χ2n) is 7.44. The molecule has 0 aliphatic carbocycles. The number of benzene rings is 2. The highest BCUT2D eigenvalue weighted by Gasteiger charge is 2.26. The lowest BCUT2D eigenvalue weighted by Crippen LogP contribution is -2.25. The minimum atomic E-state index is -0.142. The van der Waals surface area contributed by atoms with E-state index in [-0.39, 0.29) is 17.2 Å². The fourth-order valence-corrected chi connectivity index (χ4v) is 3.13. The normalized spacial score (nSPS) is 13.8. The van der Waals surface area contributed by atoms with E-state index in [0.29, 0.717) is 18.5 Å². The summed E-state index contributed by atoms with van der Waals surface area (Å²) < 4.78 is 0. The Labute approximate surface area is 148 Å². The highest BCUT2D eigenvalue weighted by Crippen LogP contribution is 2.31. The first-order chi connectivity index (χ1) is 11.8. The third-order valence-corrected chi connectivity index (χ3v) is 4.60. The number of carbonyl (C=O) groups is 2. The molecular formula is C21H24N2O2. The maximum atomic E-state index is 12.5. The van der Waals surface area contributed by atoms with Crippen molar-refractivity contribution in [3.05, 3.63) is 59.2 Å². The zero-order chi connectivity index (χ0) is 18.2. The number of fused-ring (bicyclic) bond motifs is 1. The summed E-state index contributed by atoms with van der Waals surface area (Å²) in [5.74, 6) is -0.0316. The van der Waals surface area contributed by atoms with Gasteiger partial charge in [-0.15, -0.1) is 0 Å². The number of nitrogens with one attached hydrogen (secondary N) is 1. The van der Waals surface area contributed by atoms with E-state index in [9.17, 15) is 9.59 Å². The molecule has 0 saturated heterocycles. The van der Waals surface area contributed by atoms with Crippen LogP contribution in [0.3, 0.4) is 0 Å². The molecule has 1 aliphatic rings. The smallest absolute Gasteiger partial charge is 0.255 e. The molecule has 0 saturated carbocycles. The fourth-order valence-electron chi connectivity index (χ4n) is 3.13. The van der Waals surface area contributed by atoms with Gasteiger partial charge in [0.15, 0.2) is 0 Å². The van der Waals surface area contributed by atoms with Crippen LogP contribution in [-0.4, -0.2) is 18.4 Å². The summed E-state index contributed by atoms with van der Waals surface area (Å²) in [5.41, 5.74) is 4.51. The van der Waals surface area contributed by atoms with Gasteiger partial charge in [0.1, 0.15) is 0 Å². The molecule has 0 fully saturated rings. The van der Waals surface area contributed by atoms with Crippen LogP contribution < -0.4 is 10.2 Å². The average molecular weight is 336 g/mol. The number of amides is 2. The van der Waals surface area contributed by atoms with Crippen molar-refractivity contribution in [2.24, 2.45) is 0 Å². The van der Waals surface area contributed by atoms with Crippen LogP contribution in [0.2, 0.25) is 0 Å². The van der Waals surface area contributed by atoms with Gasteiger partial charge in [-0.1, -0.05) is 32.9 Å². The van der Waals surface area contributed by atoms with Gasteiger partial charge in [0.2, 0.25) is 5.91 Å². The maximum Gasteiger partial charge on any atom is 0.255 e. The standard InChI is InChI=1S/C21H24N2O2/c1-5-23-18-11-10-17(12-15(18)13-19(23)24)22-20(25)14-6-8-16(9-7-14)21(2,3)4/h6-12H,5,13H2,1-4H3,(H,22,25). The highest BCUT2D eigenvalue weighted by molar-refractivity contribution is 6.05. The lowest BCUT2D eigenvalue weighted by atomic mass is 9.87. The third-order valence-electron chi connectivity index (χ3n) is 4.60. The molecule has 1 heterocycles. The molecule has 0 radical (unpaired) electrons. The van der Waals surface area contributed by atoms with Gasteiger partial charge in [0, 0.05) is 23.5 Å². The largest absolute Gasteiger partial charge is 0.322 e. The quantitative estimate of drug-likeness (QED) is 0.915. The molecule has 0 aromatic heterocycles. The molecule has 130 valence electrons. The Hall–Kier alpha value is -2.62. The van der Waals surface area contributed by atoms with Crippen molar-refractivity contribution in [3.63, 3.8) is 0 Å². The van der Waals surface area contributed by atoms with Crippen LogP contribution in [0.1, 0.15) is 49.2 Å². The lowest BCUT2D eigenvalue weighted by Gasteiger charge is -2.19. The van der Waals surface area contributed by atoms with Gasteiger partial charge >= 0.3 is 0 Å². The van der Waals surface area contributed by atoms with Crippen molar-refractivity contribution in [1.82, 2.24) is 0 Å². The number of anilines is 2. The molecule has 2 aromatic rings. The summed E-state index contributed by atoms with van der Waals surface area (Å²) >= 11 is 0. The minimum Gasteiger partial charge on any atom is -0.322 e. The minimum absolute atomic E-state index is 0.0622. The molecular weight excluding hydrogens is 312 g/mol. The Morgan fingerprint density at radius 2 is 1.80 bits per heavy atom. The highest BCUT2D eigenvalue weighted by atomic mass is 16.2. The maximum absolute atomic E-state index is 12.5. The second-order valence-corrected chi connectivity index (χ2v) is 7.44. The summed E-state index contributed by atoms with van der Waals surface area (Å²) in [7, 11) is 0. The molecule has 0 unspecified atom stereocenters. The monoisotopic (exact) mass is 336 g/mol. The molecule has 0 bridgehead atoms. The SMILES string of the molecule is CCN1C(=O)Cc2cc(NC(=O)c3ccc(C(C)(C)C)cc3)ccc21. The Morgan fingerprint density at radius 3 is 2.40 bits per heavy atom. The molecule has 4 heteroatoms. The Kier molecular flexibility index (Phi) is 4.38. The van der Waals surface area contributed by atoms with E-state index >= 15 is 0 Å². The van der Waals surface area contributed by atoms with E-state index in [0.717, 1.165) is 16.9 Å². The Bertz CT molecular complexity index is 817. The lowest BCUT2D eigenvalue weighted by molar-refractivity contribution is -0.117. The predicted molar refractivity (Wildman–Crippen MR) is 101 cm³/mol. The van der Waals surface area contributed by atoms with Crippen LogP contribution in [0.4, 0.5) is 11.4 Å². The number of rotatable bonds is 3. The third kappa shape index (κ3) is 3.43. The van der Waals surface area contributed by atoms with Crippen LogP contribution in [-0.2, 0) is 16.6 Å². The van der Waals surface area contributed by atoms with Crippen molar-refractivity contribution in [3.8, 4) is 0 Å². The molecule has 2 amide bonds. The summed E-state index contributed by atoms with van der Waals surface area (Å²) in [5, 5.41) is 2.93. The number of hydrogen-bond donors (Lipinski definition) is 1. The topological polar surface area (TPSA) is 49.4 Å². The first-order valence-electron chi connectivity index (χ1n) is 8.65. The van der Waals surface area contributed by atoms with E-state index in [1.165, 1.54) is 5.56 Å². The molecule has 2 aromatic carbocycles. The summed E-state index contributed by atoms with van der Waals surface area (Å²) in [6.07, 6.45) is 0.396. The van der Waals surface area contributed by atoms with Crippen molar-refractivity contribution >= 4 is 23.2 Å². The first-order valence-corrected chi connectivity index (χ1v) is 8.65. The van der Waals surface area contributed by atoms with Crippen molar-refractivity contribution in [1.29, 1.82) is 0 Å². The fraction of sp³-hybridized carbons (Fsp3) is 0.333. The van der Waals surface area contributed by atoms with Gasteiger partial charge in [-0.05, 0) is 53.8 Å². The number of nitrogens with zero attached hydrogens (tertiary/aromatic N) is 1. The zero-order valence-corrected chi connectivity index (χ0v) is 15.2. The van der Waals surface area contributed by atoms with E-state index < -0.39 is 0 Å². The van der Waals surface area contributed by atoms with Crippen LogP contribution >= 0.6 is 0 Å². The van der Waals surface area contributed by atoms with Crippen molar-refractivity contribution in [2.75, 3.05) is 16.8 Å². The molecule has 0 atom stereocenters. The predicted octanol–water partition coefficient (Wildman–Crippen LogP) is 4.15. The number of likely N-dealkylation sites (N-methyl/N-ethyl adjacent to an activating group) is 1. The van der Waals surface area contributed by atoms with Gasteiger partial charge in [0.25, 0.3) is 5.91 Å². The Morgan fingerprint density at radius 1 is 1.12 bits per heavy atom. The van der Waals surface area contributed by atoms with Gasteiger partial charge in [-0.3, -0.25) is 9.59 Å². The molecule has 3 rings (SSSR count). The van der Waals surface area contributed by atoms with Crippen molar-refractivity contribution < 1.29 is 9.59 Å². The first kappa shape index (κ1) is 17.2. The van der Waals surface area contributed by atoms with Crippen LogP contribution in [0.5, 0.6) is 0 Å². The number of carbonyl (C=O) groups excluding carboxylic acids is 2. The summed E-state index contributed by atoms with van der Waals surface area (Å²) in [4.78, 5) is 26.2. The van der Waals surface area contributed by atoms with Crippen LogP contribution in [0, 0.1) is 0 Å². The van der Waals surface area contributed by atoms with E-state index in [2.05, 4.69) is 26.1 Å². The molecule has 1 N–H and O–H groups in total. The summed E-state index contributed by atoms with van der Waals surface area (Å²) in [6.45, 7) is 9.07. The van der Waals surface area contributed by atoms with Gasteiger partial charge in [-0.2, -0.15) is 0 Å². The van der Waals surface area contributed by atoms with E-state index in [4.69, 9.17) is 0 Å². The van der Waals surface area contributed by atoms with E-state index in [1.807, 2.05) is 49.4 Å². The van der Waals surface area contributed by atoms with Crippen LogP contribution in [0.25, 0.3) is 0 Å². The molecule has 25 heavy (non-hydrogen) atoms. The van der Waals surface area contributed by atoms with Crippen molar-refractivity contribution in [2.45, 2.75) is 39.5 Å². The van der Waals surface area contributed by atoms with Gasteiger partial charge in [-0.25, -0.2) is 0 Å². The Balaban J connectivity index is 1.76. The second kappa shape index (κ2) is 6.36. The zero-order valence-electron chi connectivity index (χ0n) is 15.2. The van der Waals surface area contributed by atoms with Gasteiger partial charge in [0.05, 0.1) is 6.42 Å². The van der Waals surface area contributed by atoms with Gasteiger partial charge < -0.3 is 10.2 Å². The summed E-state index contributed by atoms with van der Waals surface area (Å²) in [6, 6.07) is 13.3. The number of hydrogen-bond acceptors (Lipinski definition) is 2. The van der Waals surface area contributed by atoms with E-state index in [1.54, 1.807) is 4.90 Å². The average Bonchev–Trinajstić information content (AvgIpc) is 2.88. The van der Waals surface area contributed by atoms with Crippen LogP contribution in [0.15, 0.2) is 42.5 Å². The molecule has 4 nitrogen and oxygen atoms in total.